The molecular formula is C125H129Ir3N6-3. The smallest absolute Gasteiger partial charge is 0.0772 e. The second-order valence-electron chi connectivity index (χ2n) is 41.3. The Labute approximate surface area is 840 Å². The molecule has 0 spiro atoms. The Morgan fingerprint density at radius 2 is 0.545 bits per heavy atom. The molecule has 9 heteroatoms. The largest absolute Gasteiger partial charge is 0.339 e. The summed E-state index contributed by atoms with van der Waals surface area (Å²) >= 11 is 0. The molecule has 3 aromatic heterocycles. The molecule has 0 N–H and O–H groups in total. The van der Waals surface area contributed by atoms with Gasteiger partial charge in [0.05, 0.1) is 34.6 Å². The summed E-state index contributed by atoms with van der Waals surface area (Å²) in [4.78, 5) is 15.8. The van der Waals surface area contributed by atoms with Gasteiger partial charge in [-0.15, -0.1) is 107 Å². The zero-order valence-electron chi connectivity index (χ0n) is 83.1. The standard InChI is InChI=1S/C61H63N2.C39H43N2.C25H23N2.3Ir/c1-39(2)55-36-51(43-17-14-13-15-18-43)37-56(40(3)4)58(55)63-38-57(52-30-41(5)29-42(6)31-52)62-59(63)47-20-16-19-46(32-47)50-34-48(44-21-25-53(26-22-44)60(7,8)9)33-49(35-50)45-23-27-54(28-24-45)61(10,11)12;1-25-18-26(2)20-32(19-25)35-24-41(36-27(3)21-34(22-28(36)4)39(8,9)10)37(40-35)31-13-11-12-30(23-31)29-14-16-33(17-15-29)38(5,6)7;1-17-9-8-12-22(15-17)23-16-27(24-19(3)13-18(2)14-20(24)4)25(26-23)21-10-6-5-7-11-21;;;/h13-19,21-40H,1-12H3;11-12,14-24H,1-10H3;5-10,12-16H,1-4H3;;;/q3*-1;;;. The van der Waals surface area contributed by atoms with E-state index in [0.29, 0.717) is 0 Å². The molecule has 3 heterocycles. The summed E-state index contributed by atoms with van der Waals surface area (Å²) in [6.07, 6.45) is 6.62. The molecule has 0 saturated heterocycles. The maximum atomic E-state index is 5.54. The van der Waals surface area contributed by atoms with Gasteiger partial charge in [-0.05, 0) is 264 Å². The molecule has 17 rings (SSSR count). The van der Waals surface area contributed by atoms with Crippen molar-refractivity contribution in [2.45, 2.75) is 214 Å². The van der Waals surface area contributed by atoms with Crippen LogP contribution in [0.3, 0.4) is 0 Å². The number of benzene rings is 14. The van der Waals surface area contributed by atoms with Gasteiger partial charge in [0, 0.05) is 113 Å². The summed E-state index contributed by atoms with van der Waals surface area (Å²) < 4.78 is 6.87. The fraction of sp³-hybridized carbons (Fsp3) is 0.256. The Kier molecular flexibility index (Phi) is 31.8. The van der Waals surface area contributed by atoms with E-state index in [9.17, 15) is 0 Å². The molecule has 134 heavy (non-hydrogen) atoms. The monoisotopic (exact) mass is 2290 g/mol. The topological polar surface area (TPSA) is 53.5 Å². The predicted molar refractivity (Wildman–Crippen MR) is 557 cm³/mol. The van der Waals surface area contributed by atoms with Crippen LogP contribution in [0.25, 0.3) is 141 Å². The first-order valence-electron chi connectivity index (χ1n) is 46.6. The maximum absolute atomic E-state index is 5.54. The second kappa shape index (κ2) is 41.9. The normalized spacial score (nSPS) is 11.6. The van der Waals surface area contributed by atoms with Crippen molar-refractivity contribution in [3.05, 3.63) is 405 Å². The number of hydrogen-bond acceptors (Lipinski definition) is 3. The molecule has 0 bridgehead atoms. The first kappa shape index (κ1) is 102. The molecule has 3 radical (unpaired) electrons. The molecule has 0 aliphatic heterocycles. The van der Waals surface area contributed by atoms with Crippen molar-refractivity contribution >= 4 is 0 Å². The fourth-order valence-electron chi connectivity index (χ4n) is 18.3. The van der Waals surface area contributed by atoms with Crippen LogP contribution in [0.1, 0.15) is 212 Å². The third kappa shape index (κ3) is 23.2. The summed E-state index contributed by atoms with van der Waals surface area (Å²) in [6, 6.07) is 112. The van der Waals surface area contributed by atoms with E-state index >= 15 is 0 Å². The van der Waals surface area contributed by atoms with E-state index in [2.05, 4.69) is 485 Å². The van der Waals surface area contributed by atoms with E-state index in [1.165, 1.54) is 151 Å². The molecule has 0 amide bonds. The van der Waals surface area contributed by atoms with E-state index in [1.54, 1.807) is 0 Å². The molecule has 689 valence electrons. The van der Waals surface area contributed by atoms with Gasteiger partial charge in [-0.25, -0.2) is 0 Å². The second-order valence-corrected chi connectivity index (χ2v) is 41.3. The van der Waals surface area contributed by atoms with Crippen LogP contribution in [0.4, 0.5) is 0 Å². The van der Waals surface area contributed by atoms with Gasteiger partial charge in [-0.1, -0.05) is 302 Å². The van der Waals surface area contributed by atoms with E-state index in [1.807, 2.05) is 24.3 Å². The molecule has 0 aliphatic rings. The van der Waals surface area contributed by atoms with Crippen molar-refractivity contribution in [2.24, 2.45) is 0 Å². The minimum Gasteiger partial charge on any atom is -0.339 e. The summed E-state index contributed by atoms with van der Waals surface area (Å²) in [6.45, 7) is 58.1. The Hall–Kier alpha value is -11.3. The first-order chi connectivity index (χ1) is 62.1. The molecule has 14 aromatic carbocycles. The van der Waals surface area contributed by atoms with Crippen molar-refractivity contribution < 1.29 is 60.3 Å². The minimum absolute atomic E-state index is 0. The fourth-order valence-corrected chi connectivity index (χ4v) is 18.3. The Balaban J connectivity index is 0.000000195. The van der Waals surface area contributed by atoms with Crippen LogP contribution in [0.15, 0.2) is 298 Å². The molecule has 0 saturated carbocycles. The number of nitrogens with zero attached hydrogens (tertiary/aromatic N) is 6. The number of imidazole rings is 3. The van der Waals surface area contributed by atoms with Gasteiger partial charge in [0.2, 0.25) is 0 Å². The van der Waals surface area contributed by atoms with E-state index in [-0.39, 0.29) is 93.8 Å². The molecule has 6 nitrogen and oxygen atoms in total. The van der Waals surface area contributed by atoms with Gasteiger partial charge in [0.15, 0.2) is 0 Å². The molecular weight excluding hydrogens is 2160 g/mol. The van der Waals surface area contributed by atoms with E-state index < -0.39 is 0 Å². The third-order valence-corrected chi connectivity index (χ3v) is 25.3. The van der Waals surface area contributed by atoms with Crippen LogP contribution in [-0.2, 0) is 82.0 Å². The van der Waals surface area contributed by atoms with Gasteiger partial charge >= 0.3 is 0 Å². The van der Waals surface area contributed by atoms with Crippen molar-refractivity contribution in [3.8, 4) is 141 Å². The Morgan fingerprint density at radius 1 is 0.231 bits per heavy atom. The zero-order chi connectivity index (χ0) is 93.4. The number of rotatable bonds is 16. The van der Waals surface area contributed by atoms with Crippen LogP contribution < -0.4 is 0 Å². The van der Waals surface area contributed by atoms with E-state index in [0.717, 1.165) is 79.1 Å². The van der Waals surface area contributed by atoms with Gasteiger partial charge in [0.1, 0.15) is 0 Å². The number of aromatic nitrogens is 6. The quantitative estimate of drug-likeness (QED) is 0.0906. The van der Waals surface area contributed by atoms with Crippen molar-refractivity contribution in [1.29, 1.82) is 0 Å². The van der Waals surface area contributed by atoms with Gasteiger partial charge < -0.3 is 13.7 Å². The Morgan fingerprint density at radius 3 is 0.925 bits per heavy atom. The zero-order valence-corrected chi connectivity index (χ0v) is 90.3. The molecule has 17 aromatic rings. The van der Waals surface area contributed by atoms with Crippen LogP contribution >= 0.6 is 0 Å². The van der Waals surface area contributed by atoms with Gasteiger partial charge in [-0.2, -0.15) is 0 Å². The van der Waals surface area contributed by atoms with E-state index in [4.69, 9.17) is 15.0 Å². The van der Waals surface area contributed by atoms with Crippen molar-refractivity contribution in [3.63, 3.8) is 0 Å². The van der Waals surface area contributed by atoms with Crippen molar-refractivity contribution in [2.75, 3.05) is 0 Å². The SMILES string of the molecule is Cc1cc(C)cc(-c2cn(-c3c(C(C)C)cc(-c4ccccc4)cc3C(C)C)c(-c3[c-]ccc(-c4cc(-c5ccc(C(C)(C)C)cc5)cc(-c5ccc(C(C)(C)C)cc5)c4)c3)n2)c1.Cc1cc(C)cc(-c2cn(-c3c(C)cc(C(C)(C)C)cc3C)c(-c3[c-]ccc(-c4ccc(C(C)(C)C)cc4)c3)n2)c1.Cc1cccc(-c2cn(-c3c(C)cc(C)cc3C)c(-c3[c-]cccc3)n2)c1.[Ir].[Ir].[Ir]. The van der Waals surface area contributed by atoms with Crippen molar-refractivity contribution in [1.82, 2.24) is 28.7 Å². The van der Waals surface area contributed by atoms with Crippen LogP contribution in [0.2, 0.25) is 0 Å². The average molecular weight is 2290 g/mol. The first-order valence-corrected chi connectivity index (χ1v) is 46.6. The van der Waals surface area contributed by atoms with Crippen LogP contribution in [0.5, 0.6) is 0 Å². The molecule has 0 aliphatic carbocycles. The summed E-state index contributed by atoms with van der Waals surface area (Å²) in [5.41, 5.74) is 45.5. The van der Waals surface area contributed by atoms with Crippen LogP contribution in [-0.4, -0.2) is 28.7 Å². The summed E-state index contributed by atoms with van der Waals surface area (Å²) in [7, 11) is 0. The minimum atomic E-state index is 0. The van der Waals surface area contributed by atoms with Gasteiger partial charge in [0.25, 0.3) is 0 Å². The number of aryl methyl sites for hydroxylation is 10. The summed E-state index contributed by atoms with van der Waals surface area (Å²) in [5.74, 6) is 3.25. The third-order valence-electron chi connectivity index (χ3n) is 25.3. The molecule has 0 fully saturated rings. The predicted octanol–water partition coefficient (Wildman–Crippen LogP) is 33.9. The molecule has 0 atom stereocenters. The van der Waals surface area contributed by atoms with Crippen LogP contribution in [0, 0.1) is 87.4 Å². The number of hydrogen-bond donors (Lipinski definition) is 0. The van der Waals surface area contributed by atoms with Gasteiger partial charge in [-0.3, -0.25) is 15.0 Å². The molecule has 0 unspecified atom stereocenters. The maximum Gasteiger partial charge on any atom is 0.0772 e. The summed E-state index contributed by atoms with van der Waals surface area (Å²) in [5, 5.41) is 0. The average Bonchev–Trinajstić information content (AvgIpc) is 1.54. The Bertz CT molecular complexity index is 6810.